The predicted octanol–water partition coefficient (Wildman–Crippen LogP) is 9.07. The molecule has 0 aromatic rings. The third-order valence-electron chi connectivity index (χ3n) is 7.93. The average molecular weight is 513 g/mol. The van der Waals surface area contributed by atoms with E-state index in [0.717, 1.165) is 32.3 Å². The topological polar surface area (TPSA) is 38.7 Å². The van der Waals surface area contributed by atoms with Gasteiger partial charge in [-0.05, 0) is 66.9 Å². The monoisotopic (exact) mass is 512 g/mol. The van der Waals surface area contributed by atoms with E-state index >= 15 is 0 Å². The van der Waals surface area contributed by atoms with Crippen molar-refractivity contribution in [1.29, 1.82) is 0 Å². The van der Waals surface area contributed by atoms with Gasteiger partial charge >= 0.3 is 0 Å². The van der Waals surface area contributed by atoms with Crippen LogP contribution in [0.3, 0.4) is 0 Å². The second-order valence-electron chi connectivity index (χ2n) is 12.7. The fourth-order valence-electron chi connectivity index (χ4n) is 4.82. The molecule has 0 amide bonds. The summed E-state index contributed by atoms with van der Waals surface area (Å²) >= 11 is 0. The lowest BCUT2D eigenvalue weighted by atomic mass is 10.1. The van der Waals surface area contributed by atoms with Crippen LogP contribution >= 0.6 is 0 Å². The molecule has 0 saturated carbocycles. The van der Waals surface area contributed by atoms with E-state index in [-0.39, 0.29) is 11.1 Å². The SMILES string of the molecule is CCCCCC[C@@H](C#C[C@@H](O)CCCCO[Si](C)(C)C(C)(C)C)O[Si](C(C)C)(C(C)C)C(C)C. The van der Waals surface area contributed by atoms with Gasteiger partial charge in [0.25, 0.3) is 0 Å². The molecule has 0 fully saturated rings. The summed E-state index contributed by atoms with van der Waals surface area (Å²) in [5, 5.41) is 10.8. The van der Waals surface area contributed by atoms with Crippen LogP contribution in [0.15, 0.2) is 0 Å². The number of rotatable bonds is 16. The number of aliphatic hydroxyl groups excluding tert-OH is 1. The largest absolute Gasteiger partial charge is 0.417 e. The van der Waals surface area contributed by atoms with Crippen LogP contribution in [0, 0.1) is 11.8 Å². The van der Waals surface area contributed by atoms with E-state index in [9.17, 15) is 5.11 Å². The van der Waals surface area contributed by atoms with Crippen molar-refractivity contribution in [1.82, 2.24) is 0 Å². The first-order valence-corrected chi connectivity index (χ1v) is 19.2. The fraction of sp³-hybridized carbons (Fsp3) is 0.931. The minimum Gasteiger partial charge on any atom is -0.417 e. The molecule has 0 aromatic carbocycles. The van der Waals surface area contributed by atoms with Gasteiger partial charge in [0.05, 0.1) is 0 Å². The molecule has 3 nitrogen and oxygen atoms in total. The third kappa shape index (κ3) is 11.3. The lowest BCUT2D eigenvalue weighted by molar-refractivity contribution is 0.201. The molecule has 0 aliphatic heterocycles. The Kier molecular flexibility index (Phi) is 15.8. The average Bonchev–Trinajstić information content (AvgIpc) is 2.70. The summed E-state index contributed by atoms with van der Waals surface area (Å²) in [5.74, 6) is 6.55. The summed E-state index contributed by atoms with van der Waals surface area (Å²) in [5.41, 5.74) is 1.62. The molecule has 0 heterocycles. The van der Waals surface area contributed by atoms with Crippen molar-refractivity contribution >= 4 is 16.6 Å². The minimum atomic E-state index is -2.00. The maximum absolute atomic E-state index is 10.6. The molecular weight excluding hydrogens is 452 g/mol. The second kappa shape index (κ2) is 15.9. The molecule has 0 spiro atoms. The standard InChI is InChI=1S/C29H60O3Si2/c1-13-14-15-16-20-28(32-34(24(2)3,25(4)5)26(6)7)22-21-27(30)19-17-18-23-31-33(11,12)29(8,9)10/h24-28,30H,13-20,23H2,1-12H3/t27-,28-/m0/s1. The third-order valence-corrected chi connectivity index (χ3v) is 18.6. The highest BCUT2D eigenvalue weighted by atomic mass is 28.4. The van der Waals surface area contributed by atoms with Crippen LogP contribution in [-0.2, 0) is 8.85 Å². The van der Waals surface area contributed by atoms with Crippen LogP contribution < -0.4 is 0 Å². The van der Waals surface area contributed by atoms with Gasteiger partial charge in [-0.2, -0.15) is 0 Å². The van der Waals surface area contributed by atoms with Crippen LogP contribution in [-0.4, -0.2) is 40.6 Å². The first kappa shape index (κ1) is 33.9. The second-order valence-corrected chi connectivity index (χ2v) is 22.9. The molecule has 1 N–H and O–H groups in total. The van der Waals surface area contributed by atoms with Crippen molar-refractivity contribution in [2.24, 2.45) is 0 Å². The minimum absolute atomic E-state index is 0.0627. The van der Waals surface area contributed by atoms with E-state index in [1.807, 2.05) is 0 Å². The summed E-state index contributed by atoms with van der Waals surface area (Å²) in [6.45, 7) is 28.4. The summed E-state index contributed by atoms with van der Waals surface area (Å²) in [6, 6.07) is 0. The molecule has 0 bridgehead atoms. The first-order valence-electron chi connectivity index (χ1n) is 14.1. The Morgan fingerprint density at radius 2 is 1.29 bits per heavy atom. The van der Waals surface area contributed by atoms with E-state index in [4.69, 9.17) is 8.85 Å². The van der Waals surface area contributed by atoms with Crippen molar-refractivity contribution in [3.8, 4) is 11.8 Å². The van der Waals surface area contributed by atoms with Crippen LogP contribution in [0.2, 0.25) is 34.8 Å². The van der Waals surface area contributed by atoms with E-state index in [1.165, 1.54) is 19.3 Å². The molecule has 2 atom stereocenters. The lowest BCUT2D eigenvalue weighted by Gasteiger charge is -2.43. The molecular formula is C29H60O3Si2. The van der Waals surface area contributed by atoms with E-state index < -0.39 is 22.7 Å². The Hall–Kier alpha value is -0.126. The summed E-state index contributed by atoms with van der Waals surface area (Å²) in [4.78, 5) is 0. The quantitative estimate of drug-likeness (QED) is 0.127. The Morgan fingerprint density at radius 1 is 0.765 bits per heavy atom. The molecule has 5 heteroatoms. The number of aliphatic hydroxyl groups is 1. The normalized spacial score (nSPS) is 15.1. The van der Waals surface area contributed by atoms with Gasteiger partial charge in [0.1, 0.15) is 12.2 Å². The Balaban J connectivity index is 5.08. The van der Waals surface area contributed by atoms with Crippen LogP contribution in [0.25, 0.3) is 0 Å². The molecule has 0 aliphatic rings. The van der Waals surface area contributed by atoms with E-state index in [0.29, 0.717) is 23.0 Å². The molecule has 0 aromatic heterocycles. The molecule has 0 unspecified atom stereocenters. The van der Waals surface area contributed by atoms with E-state index in [1.54, 1.807) is 0 Å². The summed E-state index contributed by atoms with van der Waals surface area (Å²) in [7, 11) is -3.68. The molecule has 0 rings (SSSR count). The lowest BCUT2D eigenvalue weighted by Crippen LogP contribution is -2.50. The van der Waals surface area contributed by atoms with Crippen molar-refractivity contribution in [3.63, 3.8) is 0 Å². The Morgan fingerprint density at radius 3 is 1.76 bits per heavy atom. The number of hydrogen-bond acceptors (Lipinski definition) is 3. The first-order chi connectivity index (χ1) is 15.6. The van der Waals surface area contributed by atoms with Gasteiger partial charge in [0.2, 0.25) is 8.32 Å². The molecule has 0 saturated heterocycles. The predicted molar refractivity (Wildman–Crippen MR) is 155 cm³/mol. The van der Waals surface area contributed by atoms with Gasteiger partial charge in [-0.1, -0.05) is 100 Å². The highest BCUT2D eigenvalue weighted by Crippen LogP contribution is 2.43. The van der Waals surface area contributed by atoms with E-state index in [2.05, 4.69) is 94.2 Å². The zero-order chi connectivity index (χ0) is 26.6. The number of unbranched alkanes of at least 4 members (excludes halogenated alkanes) is 4. The Labute approximate surface area is 216 Å². The zero-order valence-corrected chi connectivity index (χ0v) is 27.0. The van der Waals surface area contributed by atoms with Gasteiger partial charge < -0.3 is 14.0 Å². The molecule has 0 aliphatic carbocycles. The maximum Gasteiger partial charge on any atom is 0.202 e. The van der Waals surface area contributed by atoms with Gasteiger partial charge in [0, 0.05) is 6.61 Å². The molecule has 0 radical (unpaired) electrons. The van der Waals surface area contributed by atoms with Crippen LogP contribution in [0.1, 0.15) is 121 Å². The zero-order valence-electron chi connectivity index (χ0n) is 25.0. The van der Waals surface area contributed by atoms with Crippen LogP contribution in [0.5, 0.6) is 0 Å². The van der Waals surface area contributed by atoms with Crippen molar-refractivity contribution in [3.05, 3.63) is 0 Å². The summed E-state index contributed by atoms with van der Waals surface area (Å²) in [6.07, 6.45) is 7.83. The summed E-state index contributed by atoms with van der Waals surface area (Å²) < 4.78 is 13.3. The molecule has 202 valence electrons. The Bertz CT molecular complexity index is 575. The van der Waals surface area contributed by atoms with Gasteiger partial charge in [-0.25, -0.2) is 0 Å². The highest BCUT2D eigenvalue weighted by Gasteiger charge is 2.46. The molecule has 34 heavy (non-hydrogen) atoms. The highest BCUT2D eigenvalue weighted by molar-refractivity contribution is 6.77. The van der Waals surface area contributed by atoms with Gasteiger partial charge in [0.15, 0.2) is 8.32 Å². The number of hydrogen-bond donors (Lipinski definition) is 1. The smallest absolute Gasteiger partial charge is 0.202 e. The van der Waals surface area contributed by atoms with Gasteiger partial charge in [-0.15, -0.1) is 0 Å². The maximum atomic E-state index is 10.6. The van der Waals surface area contributed by atoms with Crippen molar-refractivity contribution in [2.75, 3.05) is 6.61 Å². The van der Waals surface area contributed by atoms with Crippen molar-refractivity contribution in [2.45, 2.75) is 168 Å². The van der Waals surface area contributed by atoms with Crippen LogP contribution in [0.4, 0.5) is 0 Å². The van der Waals surface area contributed by atoms with Crippen molar-refractivity contribution < 1.29 is 14.0 Å². The fourth-order valence-corrected chi connectivity index (χ4v) is 11.4. The van der Waals surface area contributed by atoms with Gasteiger partial charge in [-0.3, -0.25) is 0 Å².